The van der Waals surface area contributed by atoms with Gasteiger partial charge in [0.2, 0.25) is 0 Å². The van der Waals surface area contributed by atoms with Crippen LogP contribution >= 0.6 is 27.5 Å². The Balaban J connectivity index is 2.62. The first kappa shape index (κ1) is 11.5. The maximum Gasteiger partial charge on any atom is 0.311 e. The molecule has 0 fully saturated rings. The second-order valence-electron chi connectivity index (χ2n) is 3.47. The Morgan fingerprint density at radius 1 is 1.62 bits per heavy atom. The normalized spacial score (nSPS) is 18.8. The standard InChI is InChI=1S/C10H8BrClO4/c11-7-8(13)6(12)3-5-4(10(14)15)1-2-16-9(5)7/h3-4,13H,1-2H2,(H,14,15). The van der Waals surface area contributed by atoms with Crippen molar-refractivity contribution >= 4 is 33.5 Å². The van der Waals surface area contributed by atoms with Crippen molar-refractivity contribution in [3.8, 4) is 11.5 Å². The maximum atomic E-state index is 11.0. The van der Waals surface area contributed by atoms with Crippen molar-refractivity contribution in [2.75, 3.05) is 6.61 Å². The average molecular weight is 308 g/mol. The van der Waals surface area contributed by atoms with E-state index in [-0.39, 0.29) is 10.8 Å². The molecular weight excluding hydrogens is 299 g/mol. The second kappa shape index (κ2) is 4.14. The molecule has 1 unspecified atom stereocenters. The minimum atomic E-state index is -0.918. The lowest BCUT2D eigenvalue weighted by Crippen LogP contribution is -2.21. The van der Waals surface area contributed by atoms with Crippen molar-refractivity contribution in [3.63, 3.8) is 0 Å². The van der Waals surface area contributed by atoms with Crippen LogP contribution in [-0.2, 0) is 4.79 Å². The lowest BCUT2D eigenvalue weighted by Gasteiger charge is -2.24. The minimum Gasteiger partial charge on any atom is -0.505 e. The number of phenolic OH excluding ortho intramolecular Hbond substituents is 1. The van der Waals surface area contributed by atoms with Crippen LogP contribution in [0.4, 0.5) is 0 Å². The maximum absolute atomic E-state index is 11.0. The van der Waals surface area contributed by atoms with Gasteiger partial charge in [-0.2, -0.15) is 0 Å². The third-order valence-corrected chi connectivity index (χ3v) is 3.53. The number of carboxylic acids is 1. The highest BCUT2D eigenvalue weighted by Crippen LogP contribution is 2.46. The SMILES string of the molecule is O=C(O)C1CCOc2c1cc(Cl)c(O)c2Br. The van der Waals surface area contributed by atoms with Crippen molar-refractivity contribution < 1.29 is 19.7 Å². The predicted molar refractivity (Wildman–Crippen MR) is 61.3 cm³/mol. The summed E-state index contributed by atoms with van der Waals surface area (Å²) in [5.74, 6) is -1.33. The van der Waals surface area contributed by atoms with Crippen LogP contribution in [0.1, 0.15) is 17.9 Å². The Hall–Kier alpha value is -0.940. The van der Waals surface area contributed by atoms with Gasteiger partial charge in [-0.15, -0.1) is 0 Å². The molecule has 1 aliphatic rings. The van der Waals surface area contributed by atoms with Gasteiger partial charge in [-0.3, -0.25) is 4.79 Å². The molecule has 1 atom stereocenters. The molecule has 0 bridgehead atoms. The summed E-state index contributed by atoms with van der Waals surface area (Å²) in [5.41, 5.74) is 0.494. The second-order valence-corrected chi connectivity index (χ2v) is 4.67. The third kappa shape index (κ3) is 1.74. The molecule has 0 aliphatic carbocycles. The van der Waals surface area contributed by atoms with Crippen LogP contribution in [0.15, 0.2) is 10.5 Å². The zero-order chi connectivity index (χ0) is 11.9. The van der Waals surface area contributed by atoms with Crippen LogP contribution in [0.3, 0.4) is 0 Å². The van der Waals surface area contributed by atoms with Gasteiger partial charge in [-0.05, 0) is 28.4 Å². The number of carboxylic acid groups (broad SMARTS) is 1. The van der Waals surface area contributed by atoms with Gasteiger partial charge in [0.05, 0.1) is 17.5 Å². The highest BCUT2D eigenvalue weighted by Gasteiger charge is 2.30. The van der Waals surface area contributed by atoms with Gasteiger partial charge in [0.1, 0.15) is 10.2 Å². The number of carbonyl (C=O) groups is 1. The summed E-state index contributed by atoms with van der Waals surface area (Å²) in [4.78, 5) is 11.0. The Morgan fingerprint density at radius 2 is 2.31 bits per heavy atom. The van der Waals surface area contributed by atoms with Crippen molar-refractivity contribution in [3.05, 3.63) is 21.1 Å². The summed E-state index contributed by atoms with van der Waals surface area (Å²) in [6.45, 7) is 0.309. The van der Waals surface area contributed by atoms with Crippen molar-refractivity contribution in [2.45, 2.75) is 12.3 Å². The number of hydrogen-bond donors (Lipinski definition) is 2. The molecule has 86 valence electrons. The van der Waals surface area contributed by atoms with Crippen molar-refractivity contribution in [2.24, 2.45) is 0 Å². The van der Waals surface area contributed by atoms with Crippen LogP contribution in [0, 0.1) is 0 Å². The number of fused-ring (bicyclic) bond motifs is 1. The monoisotopic (exact) mass is 306 g/mol. The lowest BCUT2D eigenvalue weighted by atomic mass is 9.93. The van der Waals surface area contributed by atoms with E-state index in [0.29, 0.717) is 28.8 Å². The van der Waals surface area contributed by atoms with Gasteiger partial charge < -0.3 is 14.9 Å². The zero-order valence-electron chi connectivity index (χ0n) is 8.04. The lowest BCUT2D eigenvalue weighted by molar-refractivity contribution is -0.139. The van der Waals surface area contributed by atoms with Crippen LogP contribution in [-0.4, -0.2) is 22.8 Å². The number of ether oxygens (including phenoxy) is 1. The smallest absolute Gasteiger partial charge is 0.311 e. The number of aliphatic carboxylic acids is 1. The number of halogens is 2. The summed E-state index contributed by atoms with van der Waals surface area (Å²) in [6, 6.07) is 1.44. The molecule has 1 aliphatic heterocycles. The Bertz CT molecular complexity index is 461. The largest absolute Gasteiger partial charge is 0.505 e. The Kier molecular flexibility index (Phi) is 2.99. The average Bonchev–Trinajstić information content (AvgIpc) is 2.25. The third-order valence-electron chi connectivity index (χ3n) is 2.50. The fraction of sp³-hybridized carbons (Fsp3) is 0.300. The number of phenols is 1. The first-order valence-electron chi connectivity index (χ1n) is 4.59. The predicted octanol–water partition coefficient (Wildman–Crippen LogP) is 2.76. The molecule has 6 heteroatoms. The van der Waals surface area contributed by atoms with Crippen LogP contribution in [0.5, 0.6) is 11.5 Å². The van der Waals surface area contributed by atoms with Crippen LogP contribution in [0.25, 0.3) is 0 Å². The molecule has 1 aromatic rings. The molecular formula is C10H8BrClO4. The van der Waals surface area contributed by atoms with E-state index in [1.807, 2.05) is 0 Å². The van der Waals surface area contributed by atoms with E-state index >= 15 is 0 Å². The summed E-state index contributed by atoms with van der Waals surface area (Å²) in [6.07, 6.45) is 0.399. The summed E-state index contributed by atoms with van der Waals surface area (Å²) in [7, 11) is 0. The molecule has 0 saturated heterocycles. The van der Waals surface area contributed by atoms with E-state index in [1.165, 1.54) is 6.07 Å². The molecule has 16 heavy (non-hydrogen) atoms. The summed E-state index contributed by atoms with van der Waals surface area (Å²) in [5, 5.41) is 18.8. The Labute approximate surface area is 105 Å². The quantitative estimate of drug-likeness (QED) is 0.837. The van der Waals surface area contributed by atoms with Gasteiger partial charge in [0.25, 0.3) is 0 Å². The molecule has 1 aromatic carbocycles. The van der Waals surface area contributed by atoms with Crippen molar-refractivity contribution in [1.29, 1.82) is 0 Å². The van der Waals surface area contributed by atoms with Gasteiger partial charge in [0, 0.05) is 5.56 Å². The van der Waals surface area contributed by atoms with E-state index < -0.39 is 11.9 Å². The van der Waals surface area contributed by atoms with Gasteiger partial charge in [0.15, 0.2) is 5.75 Å². The fourth-order valence-electron chi connectivity index (χ4n) is 1.71. The van der Waals surface area contributed by atoms with Crippen LogP contribution < -0.4 is 4.74 Å². The van der Waals surface area contributed by atoms with Crippen LogP contribution in [0.2, 0.25) is 5.02 Å². The minimum absolute atomic E-state index is 0.113. The van der Waals surface area contributed by atoms with Gasteiger partial charge in [-0.25, -0.2) is 0 Å². The molecule has 4 nitrogen and oxygen atoms in total. The van der Waals surface area contributed by atoms with E-state index in [2.05, 4.69) is 15.9 Å². The van der Waals surface area contributed by atoms with Gasteiger partial charge >= 0.3 is 5.97 Å². The van der Waals surface area contributed by atoms with Gasteiger partial charge in [-0.1, -0.05) is 11.6 Å². The molecule has 2 rings (SSSR count). The fourth-order valence-corrected chi connectivity index (χ4v) is 2.59. The number of benzene rings is 1. The summed E-state index contributed by atoms with van der Waals surface area (Å²) >= 11 is 8.93. The van der Waals surface area contributed by atoms with Crippen molar-refractivity contribution in [1.82, 2.24) is 0 Å². The van der Waals surface area contributed by atoms with E-state index in [0.717, 1.165) is 0 Å². The molecule has 2 N–H and O–H groups in total. The zero-order valence-corrected chi connectivity index (χ0v) is 10.4. The molecule has 0 spiro atoms. The van der Waals surface area contributed by atoms with E-state index in [9.17, 15) is 9.90 Å². The topological polar surface area (TPSA) is 66.8 Å². The highest BCUT2D eigenvalue weighted by molar-refractivity contribution is 9.10. The van der Waals surface area contributed by atoms with E-state index in [1.54, 1.807) is 0 Å². The van der Waals surface area contributed by atoms with E-state index in [4.69, 9.17) is 21.4 Å². The number of hydrogen-bond acceptors (Lipinski definition) is 3. The Morgan fingerprint density at radius 3 is 2.94 bits per heavy atom. The summed E-state index contributed by atoms with van der Waals surface area (Å²) < 4.78 is 5.65. The molecule has 0 amide bonds. The molecule has 0 aromatic heterocycles. The molecule has 1 heterocycles. The number of rotatable bonds is 1. The first-order valence-corrected chi connectivity index (χ1v) is 5.76. The molecule has 0 saturated carbocycles. The molecule has 0 radical (unpaired) electrons. The number of aromatic hydroxyl groups is 1. The first-order chi connectivity index (χ1) is 7.52. The highest BCUT2D eigenvalue weighted by atomic mass is 79.9.